The first kappa shape index (κ1) is 22.5. The van der Waals surface area contributed by atoms with E-state index in [-0.39, 0.29) is 16.7 Å². The summed E-state index contributed by atoms with van der Waals surface area (Å²) in [5, 5.41) is 7.33. The maximum absolute atomic E-state index is 12.1. The first-order valence-electron chi connectivity index (χ1n) is 9.91. The second-order valence-corrected chi connectivity index (χ2v) is 10.3. The molecule has 7 heteroatoms. The first-order chi connectivity index (χ1) is 12.9. The molecule has 156 valence electrons. The van der Waals surface area contributed by atoms with Crippen LogP contribution in [0, 0.1) is 0 Å². The topological polar surface area (TPSA) is 79.8 Å². The van der Waals surface area contributed by atoms with Gasteiger partial charge in [0.2, 0.25) is 5.91 Å². The fraction of sp³-hybridized carbons (Fsp3) is 0.667. The number of amides is 2. The molecular formula is C21H33N3O3S. The number of hydrogen-bond acceptors (Lipinski definition) is 5. The lowest BCUT2D eigenvalue weighted by Gasteiger charge is -2.25. The second-order valence-electron chi connectivity index (χ2n) is 9.12. The highest BCUT2D eigenvalue weighted by atomic mass is 32.1. The predicted molar refractivity (Wildman–Crippen MR) is 116 cm³/mol. The minimum absolute atomic E-state index is 0.0903. The van der Waals surface area contributed by atoms with E-state index in [1.165, 1.54) is 5.57 Å². The quantitative estimate of drug-likeness (QED) is 0.481. The molecule has 0 aliphatic heterocycles. The Morgan fingerprint density at radius 1 is 1.21 bits per heavy atom. The van der Waals surface area contributed by atoms with Gasteiger partial charge in [0.05, 0.1) is 11.8 Å². The first-order valence-corrected chi connectivity index (χ1v) is 10.4. The molecule has 0 bridgehead atoms. The van der Waals surface area contributed by atoms with Crippen LogP contribution in [0.25, 0.3) is 0 Å². The van der Waals surface area contributed by atoms with Crippen molar-refractivity contribution in [3.05, 3.63) is 23.3 Å². The van der Waals surface area contributed by atoms with Gasteiger partial charge in [-0.1, -0.05) is 31.6 Å². The Hall–Kier alpha value is -1.76. The molecule has 2 amide bonds. The molecule has 0 aromatic heterocycles. The molecular weight excluding hydrogens is 374 g/mol. The Balaban J connectivity index is 2.04. The molecule has 28 heavy (non-hydrogen) atoms. The number of allylic oxidation sites excluding steroid dienone is 2. The van der Waals surface area contributed by atoms with Gasteiger partial charge in [-0.2, -0.15) is 17.7 Å². The number of ether oxygens (including phenoxy) is 1. The number of alkyl carbamates (subject to hydrolysis) is 1. The van der Waals surface area contributed by atoms with E-state index in [1.54, 1.807) is 0 Å². The summed E-state index contributed by atoms with van der Waals surface area (Å²) in [6, 6.07) is -0.0903. The number of hydrazone groups is 1. The molecule has 1 atom stereocenters. The third-order valence-electron chi connectivity index (χ3n) is 4.41. The SMILES string of the molecule is CC(C)(S)CC(=O)NN=C1CCCCC2=C1C=CC(NC(=O)OC(C)(C)C)C2. The zero-order valence-corrected chi connectivity index (χ0v) is 18.5. The van der Waals surface area contributed by atoms with Gasteiger partial charge in [0, 0.05) is 11.2 Å². The summed E-state index contributed by atoms with van der Waals surface area (Å²) in [6.07, 6.45) is 8.52. The summed E-state index contributed by atoms with van der Waals surface area (Å²) < 4.78 is 4.98. The van der Waals surface area contributed by atoms with Crippen LogP contribution in [0.3, 0.4) is 0 Å². The number of nitrogens with one attached hydrogen (secondary N) is 2. The number of carbonyl (C=O) groups is 2. The van der Waals surface area contributed by atoms with E-state index in [9.17, 15) is 9.59 Å². The average Bonchev–Trinajstić information content (AvgIpc) is 2.71. The highest BCUT2D eigenvalue weighted by molar-refractivity contribution is 7.81. The van der Waals surface area contributed by atoms with Crippen molar-refractivity contribution in [2.24, 2.45) is 5.10 Å². The molecule has 6 nitrogen and oxygen atoms in total. The van der Waals surface area contributed by atoms with Crippen molar-refractivity contribution in [3.63, 3.8) is 0 Å². The van der Waals surface area contributed by atoms with Crippen molar-refractivity contribution in [1.29, 1.82) is 0 Å². The molecule has 2 aliphatic rings. The summed E-state index contributed by atoms with van der Waals surface area (Å²) >= 11 is 4.39. The number of carbonyl (C=O) groups excluding carboxylic acids is 2. The molecule has 2 N–H and O–H groups in total. The van der Waals surface area contributed by atoms with E-state index in [4.69, 9.17) is 4.74 Å². The molecule has 2 aliphatic carbocycles. The molecule has 0 fully saturated rings. The lowest BCUT2D eigenvalue weighted by molar-refractivity contribution is -0.121. The molecule has 0 aromatic carbocycles. The Bertz CT molecular complexity index is 697. The van der Waals surface area contributed by atoms with E-state index >= 15 is 0 Å². The van der Waals surface area contributed by atoms with Gasteiger partial charge in [0.25, 0.3) is 0 Å². The lowest BCUT2D eigenvalue weighted by atomic mass is 9.90. The van der Waals surface area contributed by atoms with Crippen LogP contribution >= 0.6 is 12.6 Å². The van der Waals surface area contributed by atoms with Gasteiger partial charge >= 0.3 is 6.09 Å². The summed E-state index contributed by atoms with van der Waals surface area (Å²) in [7, 11) is 0. The summed E-state index contributed by atoms with van der Waals surface area (Å²) in [6.45, 7) is 9.34. The minimum atomic E-state index is -0.519. The zero-order valence-electron chi connectivity index (χ0n) is 17.6. The van der Waals surface area contributed by atoms with Crippen LogP contribution in [0.2, 0.25) is 0 Å². The monoisotopic (exact) mass is 407 g/mol. The van der Waals surface area contributed by atoms with Crippen LogP contribution in [0.5, 0.6) is 0 Å². The predicted octanol–water partition coefficient (Wildman–Crippen LogP) is 4.28. The van der Waals surface area contributed by atoms with Gasteiger partial charge in [-0.15, -0.1) is 0 Å². The Morgan fingerprint density at radius 2 is 1.89 bits per heavy atom. The Labute approximate surface area is 173 Å². The molecule has 0 saturated heterocycles. The van der Waals surface area contributed by atoms with Gasteiger partial charge in [-0.25, -0.2) is 10.2 Å². The molecule has 0 radical (unpaired) electrons. The van der Waals surface area contributed by atoms with Gasteiger partial charge in [-0.05, 0) is 58.4 Å². The Kier molecular flexibility index (Phi) is 7.37. The van der Waals surface area contributed by atoms with E-state index in [0.29, 0.717) is 6.42 Å². The normalized spacial score (nSPS) is 21.8. The maximum atomic E-state index is 12.1. The molecule has 2 rings (SSSR count). The van der Waals surface area contributed by atoms with Crippen molar-refractivity contribution in [3.8, 4) is 0 Å². The van der Waals surface area contributed by atoms with Crippen LogP contribution < -0.4 is 10.7 Å². The van der Waals surface area contributed by atoms with Gasteiger partial charge in [0.15, 0.2) is 0 Å². The van der Waals surface area contributed by atoms with E-state index in [0.717, 1.165) is 43.4 Å². The fourth-order valence-electron chi connectivity index (χ4n) is 3.31. The van der Waals surface area contributed by atoms with Crippen LogP contribution in [0.15, 0.2) is 28.4 Å². The van der Waals surface area contributed by atoms with E-state index in [2.05, 4.69) is 28.5 Å². The third-order valence-corrected chi connectivity index (χ3v) is 4.56. The zero-order chi connectivity index (χ0) is 20.9. The average molecular weight is 408 g/mol. The van der Waals surface area contributed by atoms with Crippen LogP contribution in [0.4, 0.5) is 4.79 Å². The van der Waals surface area contributed by atoms with Gasteiger partial charge < -0.3 is 10.1 Å². The lowest BCUT2D eigenvalue weighted by Crippen LogP contribution is -2.39. The van der Waals surface area contributed by atoms with Crippen LogP contribution in [0.1, 0.15) is 73.1 Å². The molecule has 0 aromatic rings. The largest absolute Gasteiger partial charge is 0.444 e. The summed E-state index contributed by atoms with van der Waals surface area (Å²) in [5.74, 6) is -0.136. The second kappa shape index (κ2) is 9.16. The van der Waals surface area contributed by atoms with Crippen molar-refractivity contribution in [1.82, 2.24) is 10.7 Å². The molecule has 0 spiro atoms. The number of nitrogens with zero attached hydrogens (tertiary/aromatic N) is 1. The van der Waals surface area contributed by atoms with Crippen LogP contribution in [-0.4, -0.2) is 34.1 Å². The standard InChI is InChI=1S/C21H33N3O3S/c1-20(2,3)27-19(26)22-15-10-11-16-14(12-15)8-6-7-9-17(16)23-24-18(25)13-21(4,5)28/h10-11,15,28H,6-9,12-13H2,1-5H3,(H,22,26)(H,24,25). The van der Waals surface area contributed by atoms with Crippen molar-refractivity contribution in [2.45, 2.75) is 89.5 Å². The minimum Gasteiger partial charge on any atom is -0.444 e. The van der Waals surface area contributed by atoms with Crippen LogP contribution in [-0.2, 0) is 9.53 Å². The molecule has 0 saturated carbocycles. The number of hydrogen-bond donors (Lipinski definition) is 3. The van der Waals surface area contributed by atoms with Crippen molar-refractivity contribution >= 4 is 30.3 Å². The highest BCUT2D eigenvalue weighted by Crippen LogP contribution is 2.30. The molecule has 0 heterocycles. The third kappa shape index (κ3) is 7.70. The van der Waals surface area contributed by atoms with Gasteiger partial charge in [0.1, 0.15) is 5.60 Å². The van der Waals surface area contributed by atoms with Crippen molar-refractivity contribution in [2.75, 3.05) is 0 Å². The van der Waals surface area contributed by atoms with Gasteiger partial charge in [-0.3, -0.25) is 4.79 Å². The van der Waals surface area contributed by atoms with E-state index in [1.807, 2.05) is 46.8 Å². The number of rotatable bonds is 4. The summed E-state index contributed by atoms with van der Waals surface area (Å²) in [4.78, 5) is 24.1. The fourth-order valence-corrected chi connectivity index (χ4v) is 3.46. The summed E-state index contributed by atoms with van der Waals surface area (Å²) in [5.41, 5.74) is 5.42. The maximum Gasteiger partial charge on any atom is 0.408 e. The molecule has 1 unspecified atom stereocenters. The van der Waals surface area contributed by atoms with Crippen molar-refractivity contribution < 1.29 is 14.3 Å². The number of thiol groups is 1. The smallest absolute Gasteiger partial charge is 0.408 e. The van der Waals surface area contributed by atoms with E-state index < -0.39 is 11.7 Å². The Morgan fingerprint density at radius 3 is 2.54 bits per heavy atom. The highest BCUT2D eigenvalue weighted by Gasteiger charge is 2.25.